The molecule has 8 heteroatoms. The molecular formula is C15H26N4O3S. The lowest BCUT2D eigenvalue weighted by atomic mass is 10.0. The van der Waals surface area contributed by atoms with E-state index in [2.05, 4.69) is 15.7 Å². The summed E-state index contributed by atoms with van der Waals surface area (Å²) in [6, 6.07) is 1.99. The molecule has 23 heavy (non-hydrogen) atoms. The first-order valence-corrected chi connectivity index (χ1v) is 9.98. The molecule has 0 radical (unpaired) electrons. The minimum Gasteiger partial charge on any atom is -0.346 e. The number of carbonyl (C=O) groups is 1. The Labute approximate surface area is 137 Å². The minimum absolute atomic E-state index is 0.0441. The largest absolute Gasteiger partial charge is 0.346 e. The van der Waals surface area contributed by atoms with Crippen LogP contribution in [-0.2, 0) is 9.84 Å². The van der Waals surface area contributed by atoms with Gasteiger partial charge in [-0.2, -0.15) is 5.10 Å². The summed E-state index contributed by atoms with van der Waals surface area (Å²) in [5.41, 5.74) is -0.237. The highest BCUT2D eigenvalue weighted by molar-refractivity contribution is 7.90. The first kappa shape index (κ1) is 17.9. The maximum absolute atomic E-state index is 12.3. The van der Waals surface area contributed by atoms with Gasteiger partial charge in [-0.15, -0.1) is 0 Å². The van der Waals surface area contributed by atoms with E-state index in [0.717, 1.165) is 25.9 Å². The van der Waals surface area contributed by atoms with Gasteiger partial charge in [-0.25, -0.2) is 8.42 Å². The van der Waals surface area contributed by atoms with Gasteiger partial charge < -0.3 is 10.6 Å². The average molecular weight is 342 g/mol. The Balaban J connectivity index is 1.96. The SMILES string of the molecule is CC(C)(CCS(C)(=O)=O)NC(=O)c1ccn(C2CCCNC2)n1. The van der Waals surface area contributed by atoms with Crippen molar-refractivity contribution in [3.8, 4) is 0 Å². The highest BCUT2D eigenvalue weighted by Crippen LogP contribution is 2.16. The summed E-state index contributed by atoms with van der Waals surface area (Å²) in [6.07, 6.45) is 5.55. The van der Waals surface area contributed by atoms with Crippen molar-refractivity contribution < 1.29 is 13.2 Å². The minimum atomic E-state index is -3.05. The molecule has 1 amide bonds. The third-order valence-electron chi connectivity index (χ3n) is 4.04. The Bertz CT molecular complexity index is 645. The number of hydrogen-bond acceptors (Lipinski definition) is 5. The van der Waals surface area contributed by atoms with Crippen LogP contribution in [0.15, 0.2) is 12.3 Å². The number of rotatable bonds is 6. The molecule has 2 heterocycles. The van der Waals surface area contributed by atoms with Crippen molar-refractivity contribution in [3.63, 3.8) is 0 Å². The van der Waals surface area contributed by atoms with E-state index in [4.69, 9.17) is 0 Å². The highest BCUT2D eigenvalue weighted by Gasteiger charge is 2.24. The summed E-state index contributed by atoms with van der Waals surface area (Å²) in [7, 11) is -3.05. The van der Waals surface area contributed by atoms with E-state index in [9.17, 15) is 13.2 Å². The molecule has 0 aliphatic carbocycles. The molecule has 1 fully saturated rings. The summed E-state index contributed by atoms with van der Waals surface area (Å²) in [6.45, 7) is 5.53. The van der Waals surface area contributed by atoms with Gasteiger partial charge in [0.25, 0.3) is 5.91 Å². The summed E-state index contributed by atoms with van der Waals surface area (Å²) >= 11 is 0. The monoisotopic (exact) mass is 342 g/mol. The zero-order valence-corrected chi connectivity index (χ0v) is 14.8. The molecule has 0 aromatic carbocycles. The maximum Gasteiger partial charge on any atom is 0.272 e. The normalized spacial score (nSPS) is 19.5. The Kier molecular flexibility index (Phi) is 5.46. The Morgan fingerprint density at radius 1 is 1.52 bits per heavy atom. The van der Waals surface area contributed by atoms with Crippen molar-refractivity contribution in [2.75, 3.05) is 25.1 Å². The highest BCUT2D eigenvalue weighted by atomic mass is 32.2. The molecule has 1 atom stereocenters. The van der Waals surface area contributed by atoms with Crippen molar-refractivity contribution in [3.05, 3.63) is 18.0 Å². The predicted octanol–water partition coefficient (Wildman–Crippen LogP) is 0.751. The smallest absolute Gasteiger partial charge is 0.272 e. The molecule has 1 aliphatic heterocycles. The number of nitrogens with zero attached hydrogens (tertiary/aromatic N) is 2. The lowest BCUT2D eigenvalue weighted by Crippen LogP contribution is -2.44. The van der Waals surface area contributed by atoms with Gasteiger partial charge in [0, 0.05) is 24.5 Å². The van der Waals surface area contributed by atoms with Crippen LogP contribution in [0, 0.1) is 0 Å². The third-order valence-corrected chi connectivity index (χ3v) is 4.98. The van der Waals surface area contributed by atoms with Gasteiger partial charge >= 0.3 is 0 Å². The number of aromatic nitrogens is 2. The Morgan fingerprint density at radius 2 is 2.26 bits per heavy atom. The van der Waals surface area contributed by atoms with Gasteiger partial charge in [-0.05, 0) is 45.7 Å². The molecule has 1 aliphatic rings. The van der Waals surface area contributed by atoms with Gasteiger partial charge in [0.15, 0.2) is 0 Å². The van der Waals surface area contributed by atoms with Crippen LogP contribution in [-0.4, -0.2) is 54.7 Å². The molecule has 1 unspecified atom stereocenters. The number of carbonyl (C=O) groups excluding carboxylic acids is 1. The topological polar surface area (TPSA) is 93.1 Å². The fourth-order valence-corrected chi connectivity index (χ4v) is 3.48. The second-order valence-corrected chi connectivity index (χ2v) is 9.16. The van der Waals surface area contributed by atoms with Crippen LogP contribution in [0.3, 0.4) is 0 Å². The summed E-state index contributed by atoms with van der Waals surface area (Å²) in [4.78, 5) is 12.3. The van der Waals surface area contributed by atoms with Crippen LogP contribution in [0.1, 0.15) is 49.6 Å². The van der Waals surface area contributed by atoms with E-state index in [1.165, 1.54) is 6.26 Å². The van der Waals surface area contributed by atoms with Crippen molar-refractivity contribution in [1.82, 2.24) is 20.4 Å². The standard InChI is InChI=1S/C15H26N4O3S/c1-15(2,7-10-23(3,21)22)17-14(20)13-6-9-19(18-13)12-5-4-8-16-11-12/h6,9,12,16H,4-5,7-8,10-11H2,1-3H3,(H,17,20). The molecule has 7 nitrogen and oxygen atoms in total. The molecule has 2 N–H and O–H groups in total. The first-order valence-electron chi connectivity index (χ1n) is 7.92. The Hall–Kier alpha value is -1.41. The second-order valence-electron chi connectivity index (χ2n) is 6.90. The lowest BCUT2D eigenvalue weighted by Gasteiger charge is -2.25. The molecule has 1 aromatic rings. The van der Waals surface area contributed by atoms with Crippen LogP contribution < -0.4 is 10.6 Å². The summed E-state index contributed by atoms with van der Waals surface area (Å²) in [5.74, 6) is -0.228. The van der Waals surface area contributed by atoms with Crippen LogP contribution in [0.25, 0.3) is 0 Å². The zero-order chi connectivity index (χ0) is 17.1. The van der Waals surface area contributed by atoms with Gasteiger partial charge in [-0.3, -0.25) is 9.48 Å². The first-order chi connectivity index (χ1) is 10.7. The Morgan fingerprint density at radius 3 is 2.87 bits per heavy atom. The molecule has 2 rings (SSSR count). The fourth-order valence-electron chi connectivity index (χ4n) is 2.60. The van der Waals surface area contributed by atoms with Crippen LogP contribution in [0.4, 0.5) is 0 Å². The predicted molar refractivity (Wildman–Crippen MR) is 89.2 cm³/mol. The lowest BCUT2D eigenvalue weighted by molar-refractivity contribution is 0.0905. The van der Waals surface area contributed by atoms with E-state index in [1.54, 1.807) is 6.07 Å². The van der Waals surface area contributed by atoms with E-state index >= 15 is 0 Å². The van der Waals surface area contributed by atoms with Crippen LogP contribution in [0.2, 0.25) is 0 Å². The van der Waals surface area contributed by atoms with E-state index in [0.29, 0.717) is 12.1 Å². The van der Waals surface area contributed by atoms with Crippen molar-refractivity contribution >= 4 is 15.7 Å². The maximum atomic E-state index is 12.3. The van der Waals surface area contributed by atoms with E-state index < -0.39 is 15.4 Å². The second kappa shape index (κ2) is 7.00. The van der Waals surface area contributed by atoms with Gasteiger partial charge in [0.2, 0.25) is 0 Å². The summed E-state index contributed by atoms with van der Waals surface area (Å²) in [5, 5.41) is 10.6. The van der Waals surface area contributed by atoms with Crippen LogP contribution in [0.5, 0.6) is 0 Å². The quantitative estimate of drug-likeness (QED) is 0.796. The molecule has 1 aromatic heterocycles. The molecule has 1 saturated heterocycles. The zero-order valence-electron chi connectivity index (χ0n) is 14.0. The van der Waals surface area contributed by atoms with Gasteiger partial charge in [-0.1, -0.05) is 0 Å². The van der Waals surface area contributed by atoms with Gasteiger partial charge in [0.1, 0.15) is 15.5 Å². The van der Waals surface area contributed by atoms with Gasteiger partial charge in [0.05, 0.1) is 11.8 Å². The van der Waals surface area contributed by atoms with E-state index in [1.807, 2.05) is 24.7 Å². The number of sulfone groups is 1. The van der Waals surface area contributed by atoms with Crippen molar-refractivity contribution in [2.45, 2.75) is 44.7 Å². The number of nitrogens with one attached hydrogen (secondary N) is 2. The molecular weight excluding hydrogens is 316 g/mol. The van der Waals surface area contributed by atoms with E-state index in [-0.39, 0.29) is 17.7 Å². The fraction of sp³-hybridized carbons (Fsp3) is 0.733. The average Bonchev–Trinajstić information content (AvgIpc) is 2.95. The number of amides is 1. The van der Waals surface area contributed by atoms with Crippen molar-refractivity contribution in [1.29, 1.82) is 0 Å². The van der Waals surface area contributed by atoms with Crippen LogP contribution >= 0.6 is 0 Å². The number of hydrogen-bond donors (Lipinski definition) is 2. The summed E-state index contributed by atoms with van der Waals surface area (Å²) < 4.78 is 24.4. The van der Waals surface area contributed by atoms with Crippen molar-refractivity contribution in [2.24, 2.45) is 0 Å². The molecule has 130 valence electrons. The molecule has 0 spiro atoms. The molecule has 0 bridgehead atoms. The third kappa shape index (κ3) is 5.62. The number of piperidine rings is 1. The molecule has 0 saturated carbocycles.